The van der Waals surface area contributed by atoms with Gasteiger partial charge in [0.15, 0.2) is 5.82 Å². The van der Waals surface area contributed by atoms with Crippen molar-refractivity contribution in [1.29, 1.82) is 0 Å². The van der Waals surface area contributed by atoms with Crippen LogP contribution in [0.25, 0.3) is 16.7 Å². The summed E-state index contributed by atoms with van der Waals surface area (Å²) in [5.41, 5.74) is 2.05. The maximum Gasteiger partial charge on any atom is 0.351 e. The van der Waals surface area contributed by atoms with Crippen LogP contribution in [0.5, 0.6) is 0 Å². The van der Waals surface area contributed by atoms with Gasteiger partial charge < -0.3 is 15.0 Å². The molecule has 0 bridgehead atoms. The Hall–Kier alpha value is -3.79. The monoisotopic (exact) mass is 436 g/mol. The average Bonchev–Trinajstić information content (AvgIpc) is 3.15. The van der Waals surface area contributed by atoms with Crippen LogP contribution >= 0.6 is 0 Å². The first-order chi connectivity index (χ1) is 15.6. The highest BCUT2D eigenvalue weighted by molar-refractivity contribution is 5.83. The molecule has 1 aliphatic rings. The first-order valence-electron chi connectivity index (χ1n) is 10.3. The van der Waals surface area contributed by atoms with Gasteiger partial charge in [-0.25, -0.2) is 23.3 Å². The summed E-state index contributed by atoms with van der Waals surface area (Å²) in [7, 11) is 0. The smallest absolute Gasteiger partial charge is 0.351 e. The second-order valence-electron chi connectivity index (χ2n) is 7.53. The second kappa shape index (κ2) is 8.39. The van der Waals surface area contributed by atoms with Crippen LogP contribution in [-0.4, -0.2) is 51.4 Å². The largest absolute Gasteiger partial charge is 0.378 e. The zero-order valence-electron chi connectivity index (χ0n) is 17.2. The molecular formula is C22H21FN6O3. The highest BCUT2D eigenvalue weighted by Crippen LogP contribution is 2.23. The van der Waals surface area contributed by atoms with Gasteiger partial charge in [0.2, 0.25) is 11.6 Å². The first-order valence-corrected chi connectivity index (χ1v) is 10.3. The van der Waals surface area contributed by atoms with Gasteiger partial charge in [0, 0.05) is 19.6 Å². The lowest BCUT2D eigenvalue weighted by Gasteiger charge is -2.27. The molecule has 5 rings (SSSR count). The predicted molar refractivity (Wildman–Crippen MR) is 116 cm³/mol. The third-order valence-corrected chi connectivity index (χ3v) is 5.40. The number of nitrogens with zero attached hydrogens (tertiary/aromatic N) is 5. The molecule has 0 radical (unpaired) electrons. The fraction of sp³-hybridized carbons (Fsp3) is 0.273. The molecule has 4 aromatic rings. The van der Waals surface area contributed by atoms with Crippen molar-refractivity contribution in [3.8, 4) is 0 Å². The van der Waals surface area contributed by atoms with Gasteiger partial charge in [0.05, 0.1) is 24.2 Å². The SMILES string of the molecule is O=C(Cn1nc2c(N3CCOCC3)nc3ccccc3n2c1=O)NCc1ccc(F)cc1. The molecule has 1 N–H and O–H groups in total. The van der Waals surface area contributed by atoms with E-state index in [1.165, 1.54) is 16.5 Å². The standard InChI is InChI=1S/C22H21FN6O3/c23-16-7-5-15(6-8-16)13-24-19(30)14-28-22(31)29-18-4-2-1-3-17(18)25-20(21(29)26-28)27-9-11-32-12-10-27/h1-8H,9-14H2,(H,24,30). The molecule has 0 atom stereocenters. The molecule has 0 spiro atoms. The summed E-state index contributed by atoms with van der Waals surface area (Å²) >= 11 is 0. The minimum absolute atomic E-state index is 0.227. The summed E-state index contributed by atoms with van der Waals surface area (Å²) in [6, 6.07) is 13.2. The summed E-state index contributed by atoms with van der Waals surface area (Å²) in [4.78, 5) is 32.5. The minimum Gasteiger partial charge on any atom is -0.378 e. The summed E-state index contributed by atoms with van der Waals surface area (Å²) in [5, 5.41) is 7.20. The number of ether oxygens (including phenoxy) is 1. The molecule has 1 aliphatic heterocycles. The molecule has 0 aliphatic carbocycles. The van der Waals surface area contributed by atoms with Crippen molar-refractivity contribution in [2.24, 2.45) is 0 Å². The normalized spacial score (nSPS) is 14.2. The van der Waals surface area contributed by atoms with Gasteiger partial charge in [0.1, 0.15) is 12.4 Å². The Labute approximate surface area is 182 Å². The number of carbonyl (C=O) groups is 1. The Morgan fingerprint density at radius 3 is 2.62 bits per heavy atom. The molecule has 9 nitrogen and oxygen atoms in total. The first kappa shape index (κ1) is 20.1. The van der Waals surface area contributed by atoms with E-state index < -0.39 is 5.69 Å². The van der Waals surface area contributed by atoms with E-state index in [-0.39, 0.29) is 24.8 Å². The Morgan fingerprint density at radius 1 is 1.09 bits per heavy atom. The molecule has 1 amide bonds. The predicted octanol–water partition coefficient (Wildman–Crippen LogP) is 1.34. The second-order valence-corrected chi connectivity index (χ2v) is 7.53. The summed E-state index contributed by atoms with van der Waals surface area (Å²) < 4.78 is 21.1. The number of hydrogen-bond donors (Lipinski definition) is 1. The topological polar surface area (TPSA) is 93.8 Å². The van der Waals surface area contributed by atoms with E-state index in [9.17, 15) is 14.0 Å². The lowest BCUT2D eigenvalue weighted by Crippen LogP contribution is -2.37. The van der Waals surface area contributed by atoms with Crippen LogP contribution in [0.1, 0.15) is 5.56 Å². The van der Waals surface area contributed by atoms with Crippen LogP contribution in [0.3, 0.4) is 0 Å². The lowest BCUT2D eigenvalue weighted by molar-refractivity contribution is -0.122. The van der Waals surface area contributed by atoms with Crippen LogP contribution in [0.4, 0.5) is 10.2 Å². The van der Waals surface area contributed by atoms with E-state index in [0.717, 1.165) is 10.2 Å². The van der Waals surface area contributed by atoms with Crippen molar-refractivity contribution >= 4 is 28.4 Å². The van der Waals surface area contributed by atoms with E-state index in [0.29, 0.717) is 48.8 Å². The van der Waals surface area contributed by atoms with Crippen LogP contribution < -0.4 is 15.9 Å². The van der Waals surface area contributed by atoms with Crippen molar-refractivity contribution in [3.63, 3.8) is 0 Å². The fourth-order valence-corrected chi connectivity index (χ4v) is 3.77. The fourth-order valence-electron chi connectivity index (χ4n) is 3.77. The zero-order chi connectivity index (χ0) is 22.1. The van der Waals surface area contributed by atoms with Crippen LogP contribution in [0, 0.1) is 5.82 Å². The summed E-state index contributed by atoms with van der Waals surface area (Å²) in [5.74, 6) is -0.118. The number of aromatic nitrogens is 4. The number of hydrogen-bond acceptors (Lipinski definition) is 6. The maximum absolute atomic E-state index is 13.2. The third-order valence-electron chi connectivity index (χ3n) is 5.40. The Kier molecular flexibility index (Phi) is 5.28. The van der Waals surface area contributed by atoms with Crippen molar-refractivity contribution in [2.75, 3.05) is 31.2 Å². The molecule has 10 heteroatoms. The lowest BCUT2D eigenvalue weighted by atomic mass is 10.2. The quantitative estimate of drug-likeness (QED) is 0.508. The maximum atomic E-state index is 13.2. The molecule has 0 unspecified atom stereocenters. The van der Waals surface area contributed by atoms with E-state index in [4.69, 9.17) is 9.72 Å². The summed E-state index contributed by atoms with van der Waals surface area (Å²) in [6.07, 6.45) is 0. The van der Waals surface area contributed by atoms with Crippen molar-refractivity contribution in [3.05, 3.63) is 70.4 Å². The van der Waals surface area contributed by atoms with Crippen molar-refractivity contribution in [2.45, 2.75) is 13.1 Å². The van der Waals surface area contributed by atoms with Gasteiger partial charge in [-0.2, -0.15) is 0 Å². The molecule has 2 aromatic carbocycles. The Morgan fingerprint density at radius 2 is 1.84 bits per heavy atom. The Balaban J connectivity index is 1.47. The molecule has 32 heavy (non-hydrogen) atoms. The van der Waals surface area contributed by atoms with Crippen molar-refractivity contribution < 1.29 is 13.9 Å². The average molecular weight is 436 g/mol. The van der Waals surface area contributed by atoms with E-state index in [2.05, 4.69) is 10.4 Å². The molecular weight excluding hydrogens is 415 g/mol. The van der Waals surface area contributed by atoms with Gasteiger partial charge in [-0.1, -0.05) is 24.3 Å². The number of para-hydroxylation sites is 2. The van der Waals surface area contributed by atoms with Crippen molar-refractivity contribution in [1.82, 2.24) is 24.5 Å². The number of carbonyl (C=O) groups excluding carboxylic acids is 1. The number of morpholine rings is 1. The van der Waals surface area contributed by atoms with Gasteiger partial charge >= 0.3 is 5.69 Å². The van der Waals surface area contributed by atoms with Crippen LogP contribution in [0.2, 0.25) is 0 Å². The molecule has 1 fully saturated rings. The molecule has 0 saturated carbocycles. The number of halogens is 1. The van der Waals surface area contributed by atoms with E-state index in [1.54, 1.807) is 18.2 Å². The third kappa shape index (κ3) is 3.80. The van der Waals surface area contributed by atoms with Gasteiger partial charge in [-0.3, -0.25) is 4.79 Å². The highest BCUT2D eigenvalue weighted by atomic mass is 19.1. The van der Waals surface area contributed by atoms with Gasteiger partial charge in [0.25, 0.3) is 0 Å². The minimum atomic E-state index is -0.412. The van der Waals surface area contributed by atoms with Gasteiger partial charge in [-0.05, 0) is 29.8 Å². The number of nitrogens with one attached hydrogen (secondary N) is 1. The van der Waals surface area contributed by atoms with Crippen LogP contribution in [0.15, 0.2) is 53.3 Å². The van der Waals surface area contributed by atoms with Gasteiger partial charge in [-0.15, -0.1) is 5.10 Å². The molecule has 2 aromatic heterocycles. The number of benzene rings is 2. The van der Waals surface area contributed by atoms with E-state index in [1.807, 2.05) is 23.1 Å². The summed E-state index contributed by atoms with van der Waals surface area (Å²) in [6.45, 7) is 2.40. The van der Waals surface area contributed by atoms with Crippen LogP contribution in [-0.2, 0) is 22.6 Å². The number of anilines is 1. The Bertz CT molecular complexity index is 1340. The highest BCUT2D eigenvalue weighted by Gasteiger charge is 2.22. The zero-order valence-corrected chi connectivity index (χ0v) is 17.2. The molecule has 1 saturated heterocycles. The number of rotatable bonds is 5. The van der Waals surface area contributed by atoms with E-state index >= 15 is 0 Å². The molecule has 164 valence electrons. The number of amides is 1. The molecule has 3 heterocycles. The number of fused-ring (bicyclic) bond motifs is 3.